The molecule has 9 nitrogen and oxygen atoms in total. The van der Waals surface area contributed by atoms with E-state index >= 15 is 0 Å². The molecule has 0 fully saturated rings. The van der Waals surface area contributed by atoms with Gasteiger partial charge in [-0.15, -0.1) is 0 Å². The molecule has 5 N–H and O–H groups in total. The van der Waals surface area contributed by atoms with Crippen molar-refractivity contribution in [2.24, 2.45) is 5.92 Å². The van der Waals surface area contributed by atoms with Crippen molar-refractivity contribution in [2.45, 2.75) is 59.0 Å². The molecule has 0 aliphatic rings. The molecule has 1 aromatic rings. The average molecular weight is 420 g/mol. The Balaban J connectivity index is 2.62. The number of hydrazine groups is 1. The zero-order chi connectivity index (χ0) is 22.5. The van der Waals surface area contributed by atoms with Crippen LogP contribution in [0.15, 0.2) is 30.3 Å². The first-order valence-electron chi connectivity index (χ1n) is 10.2. The zero-order valence-electron chi connectivity index (χ0n) is 18.1. The fourth-order valence-electron chi connectivity index (χ4n) is 2.72. The number of carbonyl (C=O) groups excluding carboxylic acids is 4. The second-order valence-corrected chi connectivity index (χ2v) is 7.40. The molecule has 1 aromatic carbocycles. The van der Waals surface area contributed by atoms with Gasteiger partial charge in [0.05, 0.1) is 0 Å². The summed E-state index contributed by atoms with van der Waals surface area (Å²) in [6.07, 6.45) is 2.07. The molecule has 0 heterocycles. The van der Waals surface area contributed by atoms with Crippen molar-refractivity contribution in [3.63, 3.8) is 0 Å². The van der Waals surface area contributed by atoms with E-state index in [1.807, 2.05) is 51.1 Å². The molecule has 0 aromatic heterocycles. The van der Waals surface area contributed by atoms with Gasteiger partial charge in [0, 0.05) is 19.9 Å². The molecular formula is C21H33N5O4. The van der Waals surface area contributed by atoms with Crippen LogP contribution in [0.25, 0.3) is 0 Å². The number of nitrogens with one attached hydrogen (secondary N) is 5. The summed E-state index contributed by atoms with van der Waals surface area (Å²) in [5.74, 6) is -1.35. The maximum absolute atomic E-state index is 12.5. The monoisotopic (exact) mass is 419 g/mol. The first-order chi connectivity index (χ1) is 14.2. The van der Waals surface area contributed by atoms with Gasteiger partial charge in [0.15, 0.2) is 0 Å². The molecule has 0 unspecified atom stereocenters. The highest BCUT2D eigenvalue weighted by molar-refractivity contribution is 5.90. The summed E-state index contributed by atoms with van der Waals surface area (Å²) in [5.41, 5.74) is 5.41. The zero-order valence-corrected chi connectivity index (χ0v) is 18.1. The summed E-state index contributed by atoms with van der Waals surface area (Å²) in [6, 6.07) is 6.89. The van der Waals surface area contributed by atoms with Crippen LogP contribution in [0.5, 0.6) is 0 Å². The Morgan fingerprint density at radius 1 is 0.933 bits per heavy atom. The number of unbranched alkanes of at least 4 members (excludes halogenated alkanes) is 1. The third-order valence-corrected chi connectivity index (χ3v) is 4.34. The van der Waals surface area contributed by atoms with Gasteiger partial charge < -0.3 is 16.0 Å². The standard InChI is InChI=1S/C21H33N5O4/c1-5-6-12-22-20(29)18(14(2)3)24-21(30)26-25-19(28)17(23-15(4)27)13-16-10-8-7-9-11-16/h7-11,14,17-18H,5-6,12-13H2,1-4H3,(H,22,29)(H,23,27)(H,25,28)(H2,24,26,30)/t17-,18-/m0/s1. The number of urea groups is 1. The highest BCUT2D eigenvalue weighted by Gasteiger charge is 2.25. The Morgan fingerprint density at radius 3 is 2.17 bits per heavy atom. The molecule has 30 heavy (non-hydrogen) atoms. The molecule has 0 aliphatic carbocycles. The molecule has 166 valence electrons. The summed E-state index contributed by atoms with van der Waals surface area (Å²) in [6.45, 7) is 7.50. The molecular weight excluding hydrogens is 386 g/mol. The second-order valence-electron chi connectivity index (χ2n) is 7.40. The third-order valence-electron chi connectivity index (χ3n) is 4.34. The number of rotatable bonds is 10. The van der Waals surface area contributed by atoms with Gasteiger partial charge in [-0.3, -0.25) is 19.8 Å². The van der Waals surface area contributed by atoms with Crippen LogP contribution in [-0.2, 0) is 20.8 Å². The number of benzene rings is 1. The molecule has 5 amide bonds. The minimum atomic E-state index is -0.858. The van der Waals surface area contributed by atoms with E-state index in [0.29, 0.717) is 6.54 Å². The lowest BCUT2D eigenvalue weighted by atomic mass is 10.0. The van der Waals surface area contributed by atoms with Crippen LogP contribution in [0.4, 0.5) is 4.79 Å². The van der Waals surface area contributed by atoms with Gasteiger partial charge in [-0.25, -0.2) is 10.2 Å². The molecule has 0 aliphatic heterocycles. The Kier molecular flexibility index (Phi) is 11.0. The maximum atomic E-state index is 12.5. The Morgan fingerprint density at radius 2 is 1.60 bits per heavy atom. The quantitative estimate of drug-likeness (QED) is 0.286. The summed E-state index contributed by atoms with van der Waals surface area (Å²) in [4.78, 5) is 48.4. The molecule has 1 rings (SSSR count). The fourth-order valence-corrected chi connectivity index (χ4v) is 2.72. The van der Waals surface area contributed by atoms with E-state index in [1.165, 1.54) is 6.92 Å². The third kappa shape index (κ3) is 9.40. The van der Waals surface area contributed by atoms with E-state index in [2.05, 4.69) is 26.8 Å². The predicted molar refractivity (Wildman–Crippen MR) is 114 cm³/mol. The molecule has 2 atom stereocenters. The van der Waals surface area contributed by atoms with Crippen LogP contribution in [0.2, 0.25) is 0 Å². The number of carbonyl (C=O) groups is 4. The van der Waals surface area contributed by atoms with E-state index in [0.717, 1.165) is 18.4 Å². The second kappa shape index (κ2) is 13.2. The van der Waals surface area contributed by atoms with Crippen molar-refractivity contribution in [2.75, 3.05) is 6.54 Å². The summed E-state index contributed by atoms with van der Waals surface area (Å²) in [7, 11) is 0. The summed E-state index contributed by atoms with van der Waals surface area (Å²) < 4.78 is 0. The highest BCUT2D eigenvalue weighted by Crippen LogP contribution is 2.04. The van der Waals surface area contributed by atoms with E-state index in [1.54, 1.807) is 0 Å². The first kappa shape index (κ1) is 24.9. The van der Waals surface area contributed by atoms with Crippen molar-refractivity contribution < 1.29 is 19.2 Å². The summed E-state index contributed by atoms with van der Waals surface area (Å²) in [5, 5.41) is 7.92. The Hall–Kier alpha value is -3.10. The smallest absolute Gasteiger partial charge is 0.334 e. The van der Waals surface area contributed by atoms with Crippen LogP contribution in [0.1, 0.15) is 46.1 Å². The first-order valence-corrected chi connectivity index (χ1v) is 10.2. The van der Waals surface area contributed by atoms with E-state index in [4.69, 9.17) is 0 Å². The van der Waals surface area contributed by atoms with Gasteiger partial charge >= 0.3 is 6.03 Å². The van der Waals surface area contributed by atoms with E-state index in [-0.39, 0.29) is 24.2 Å². The number of hydrogen-bond acceptors (Lipinski definition) is 4. The number of hydrogen-bond donors (Lipinski definition) is 5. The van der Waals surface area contributed by atoms with Gasteiger partial charge in [0.2, 0.25) is 11.8 Å². The lowest BCUT2D eigenvalue weighted by molar-refractivity contribution is -0.128. The average Bonchev–Trinajstić information content (AvgIpc) is 2.70. The topological polar surface area (TPSA) is 128 Å². The van der Waals surface area contributed by atoms with Crippen LogP contribution < -0.4 is 26.8 Å². The van der Waals surface area contributed by atoms with Gasteiger partial charge in [-0.2, -0.15) is 0 Å². The molecule has 0 saturated heterocycles. The lowest BCUT2D eigenvalue weighted by Gasteiger charge is -2.23. The van der Waals surface area contributed by atoms with Crippen molar-refractivity contribution in [3.8, 4) is 0 Å². The van der Waals surface area contributed by atoms with Gasteiger partial charge in [0.25, 0.3) is 5.91 Å². The maximum Gasteiger partial charge on any atom is 0.334 e. The Bertz CT molecular complexity index is 709. The van der Waals surface area contributed by atoms with Crippen LogP contribution in [-0.4, -0.2) is 42.4 Å². The molecule has 0 saturated carbocycles. The normalized spacial score (nSPS) is 12.4. The number of amides is 5. The Labute approximate surface area is 177 Å². The predicted octanol–water partition coefficient (Wildman–Crippen LogP) is 1.01. The van der Waals surface area contributed by atoms with Crippen molar-refractivity contribution in [1.29, 1.82) is 0 Å². The fraction of sp³-hybridized carbons (Fsp3) is 0.524. The minimum absolute atomic E-state index is 0.140. The van der Waals surface area contributed by atoms with Gasteiger partial charge in [-0.1, -0.05) is 57.5 Å². The van der Waals surface area contributed by atoms with E-state index < -0.39 is 24.0 Å². The van der Waals surface area contributed by atoms with Crippen LogP contribution in [0.3, 0.4) is 0 Å². The van der Waals surface area contributed by atoms with Crippen molar-refractivity contribution in [1.82, 2.24) is 26.8 Å². The lowest BCUT2D eigenvalue weighted by Crippen LogP contribution is -2.58. The molecule has 0 radical (unpaired) electrons. The largest absolute Gasteiger partial charge is 0.354 e. The SMILES string of the molecule is CCCCNC(=O)[C@@H](NC(=O)NNC(=O)[C@H](Cc1ccccc1)NC(C)=O)C(C)C. The highest BCUT2D eigenvalue weighted by atomic mass is 16.2. The molecule has 0 bridgehead atoms. The summed E-state index contributed by atoms with van der Waals surface area (Å²) >= 11 is 0. The van der Waals surface area contributed by atoms with Crippen molar-refractivity contribution in [3.05, 3.63) is 35.9 Å². The van der Waals surface area contributed by atoms with Crippen LogP contribution in [0, 0.1) is 5.92 Å². The van der Waals surface area contributed by atoms with Gasteiger partial charge in [-0.05, 0) is 17.9 Å². The minimum Gasteiger partial charge on any atom is -0.354 e. The van der Waals surface area contributed by atoms with Crippen LogP contribution >= 0.6 is 0 Å². The molecule has 0 spiro atoms. The molecule has 9 heteroatoms. The van der Waals surface area contributed by atoms with E-state index in [9.17, 15) is 19.2 Å². The van der Waals surface area contributed by atoms with Gasteiger partial charge in [0.1, 0.15) is 12.1 Å². The van der Waals surface area contributed by atoms with Crippen molar-refractivity contribution >= 4 is 23.8 Å².